The molecule has 2 aromatic heterocycles. The summed E-state index contributed by atoms with van der Waals surface area (Å²) in [6.07, 6.45) is 6.41. The molecule has 0 spiro atoms. The van der Waals surface area contributed by atoms with Gasteiger partial charge in [-0.3, -0.25) is 0 Å². The van der Waals surface area contributed by atoms with Gasteiger partial charge in [-0.1, -0.05) is 0 Å². The molecule has 5 rings (SSSR count). The number of nitrogens with zero attached hydrogens (tertiary/aromatic N) is 4. The number of halogens is 1. The van der Waals surface area contributed by atoms with Crippen LogP contribution in [0.25, 0.3) is 21.8 Å². The van der Waals surface area contributed by atoms with E-state index in [9.17, 15) is 4.39 Å². The maximum absolute atomic E-state index is 13.5. The second-order valence-corrected chi connectivity index (χ2v) is 8.88. The molecule has 2 fully saturated rings. The van der Waals surface area contributed by atoms with Gasteiger partial charge in [-0.05, 0) is 69.1 Å². The maximum Gasteiger partial charge on any atom is 0.225 e. The second kappa shape index (κ2) is 7.80. The number of piperidine rings is 1. The lowest BCUT2D eigenvalue weighted by Crippen LogP contribution is -2.26. The zero-order chi connectivity index (χ0) is 19.8. The Morgan fingerprint density at radius 2 is 1.79 bits per heavy atom. The third-order valence-corrected chi connectivity index (χ3v) is 6.98. The Labute approximate surface area is 174 Å². The van der Waals surface area contributed by atoms with Gasteiger partial charge in [0.25, 0.3) is 0 Å². The number of thiazole rings is 1. The summed E-state index contributed by atoms with van der Waals surface area (Å²) >= 11 is 1.72. The quantitative estimate of drug-likeness (QED) is 0.674. The van der Waals surface area contributed by atoms with Crippen LogP contribution in [0, 0.1) is 5.82 Å². The number of aromatic nitrogens is 3. The summed E-state index contributed by atoms with van der Waals surface area (Å²) in [5.41, 5.74) is 2.70. The first-order valence-electron chi connectivity index (χ1n) is 10.2. The molecule has 5 nitrogen and oxygen atoms in total. The van der Waals surface area contributed by atoms with Gasteiger partial charge >= 0.3 is 0 Å². The van der Waals surface area contributed by atoms with Crippen LogP contribution < -0.4 is 10.2 Å². The van der Waals surface area contributed by atoms with Crippen molar-refractivity contribution in [3.63, 3.8) is 0 Å². The van der Waals surface area contributed by atoms with Crippen LogP contribution in [0.4, 0.5) is 10.3 Å². The average molecular weight is 410 g/mol. The van der Waals surface area contributed by atoms with E-state index in [0.29, 0.717) is 12.0 Å². The van der Waals surface area contributed by atoms with E-state index in [1.807, 2.05) is 12.3 Å². The molecule has 150 valence electrons. The van der Waals surface area contributed by atoms with Crippen LogP contribution in [0.2, 0.25) is 0 Å². The Hall–Kier alpha value is -2.38. The van der Waals surface area contributed by atoms with Gasteiger partial charge in [-0.25, -0.2) is 19.3 Å². The minimum absolute atomic E-state index is 0.237. The van der Waals surface area contributed by atoms with Crippen molar-refractivity contribution in [2.45, 2.75) is 37.6 Å². The smallest absolute Gasteiger partial charge is 0.225 e. The number of hydrogen-bond acceptors (Lipinski definition) is 6. The monoisotopic (exact) mass is 409 g/mol. The molecule has 7 heteroatoms. The first kappa shape index (κ1) is 18.6. The summed E-state index contributed by atoms with van der Waals surface area (Å²) < 4.78 is 13.5. The molecule has 2 aliphatic rings. The predicted octanol–water partition coefficient (Wildman–Crippen LogP) is 4.47. The minimum Gasteiger partial charge on any atom is -0.341 e. The topological polar surface area (TPSA) is 53.9 Å². The largest absolute Gasteiger partial charge is 0.341 e. The molecule has 3 aromatic rings. The molecule has 1 saturated carbocycles. The van der Waals surface area contributed by atoms with Gasteiger partial charge in [0.1, 0.15) is 5.82 Å². The zero-order valence-corrected chi connectivity index (χ0v) is 17.3. The van der Waals surface area contributed by atoms with Crippen molar-refractivity contribution in [3.8, 4) is 21.8 Å². The molecule has 1 saturated heterocycles. The lowest BCUT2D eigenvalue weighted by Gasteiger charge is -2.20. The van der Waals surface area contributed by atoms with E-state index >= 15 is 0 Å². The summed E-state index contributed by atoms with van der Waals surface area (Å²) in [5, 5.41) is 4.57. The van der Waals surface area contributed by atoms with Gasteiger partial charge in [-0.2, -0.15) is 0 Å². The van der Waals surface area contributed by atoms with Crippen molar-refractivity contribution >= 4 is 17.3 Å². The lowest BCUT2D eigenvalue weighted by atomic mass is 9.99. The third kappa shape index (κ3) is 3.89. The van der Waals surface area contributed by atoms with Crippen molar-refractivity contribution in [3.05, 3.63) is 47.4 Å². The fraction of sp³-hybridized carbons (Fsp3) is 0.409. The summed E-state index contributed by atoms with van der Waals surface area (Å²) in [4.78, 5) is 17.6. The molecule has 0 unspecified atom stereocenters. The summed E-state index contributed by atoms with van der Waals surface area (Å²) in [6, 6.07) is 9.10. The number of hydrogen-bond donors (Lipinski definition) is 1. The first-order valence-corrected chi connectivity index (χ1v) is 11.0. The maximum atomic E-state index is 13.5. The van der Waals surface area contributed by atoms with Gasteiger partial charge in [0.2, 0.25) is 5.95 Å². The van der Waals surface area contributed by atoms with E-state index in [-0.39, 0.29) is 5.82 Å². The van der Waals surface area contributed by atoms with Crippen molar-refractivity contribution in [1.82, 2.24) is 20.3 Å². The summed E-state index contributed by atoms with van der Waals surface area (Å²) in [7, 11) is 2.06. The highest BCUT2D eigenvalue weighted by atomic mass is 32.1. The van der Waals surface area contributed by atoms with E-state index in [0.717, 1.165) is 58.7 Å². The molecule has 3 heterocycles. The van der Waals surface area contributed by atoms with Crippen molar-refractivity contribution in [2.75, 3.05) is 25.0 Å². The number of rotatable bonds is 5. The molecule has 1 aliphatic heterocycles. The number of benzene rings is 1. The van der Waals surface area contributed by atoms with Gasteiger partial charge in [0.05, 0.1) is 21.3 Å². The highest BCUT2D eigenvalue weighted by molar-refractivity contribution is 7.15. The van der Waals surface area contributed by atoms with Crippen molar-refractivity contribution < 1.29 is 4.39 Å². The highest BCUT2D eigenvalue weighted by Gasteiger charge is 2.29. The molecule has 0 bridgehead atoms. The Bertz CT molecular complexity index is 993. The fourth-order valence-electron chi connectivity index (χ4n) is 3.83. The van der Waals surface area contributed by atoms with Crippen LogP contribution in [0.1, 0.15) is 36.6 Å². The molecule has 0 amide bonds. The fourth-order valence-corrected chi connectivity index (χ4v) is 5.05. The Balaban J connectivity index is 1.57. The summed E-state index contributed by atoms with van der Waals surface area (Å²) in [6.45, 7) is 2.05. The van der Waals surface area contributed by atoms with E-state index in [4.69, 9.17) is 9.97 Å². The van der Waals surface area contributed by atoms with Crippen LogP contribution >= 0.6 is 11.3 Å². The standard InChI is InChI=1S/C22H24FN5S/c1-28(17-6-7-17)22-25-13-10-18(26-22)20-19(14-2-4-16(23)5-3-14)27-21(29-20)15-8-11-24-12-9-15/h2-5,10,13,15,17,24H,6-9,11-12H2,1H3. The minimum atomic E-state index is -0.237. The molecular weight excluding hydrogens is 385 g/mol. The number of anilines is 1. The zero-order valence-electron chi connectivity index (χ0n) is 16.4. The molecule has 0 radical (unpaired) electrons. The van der Waals surface area contributed by atoms with Gasteiger partial charge < -0.3 is 10.2 Å². The Morgan fingerprint density at radius 3 is 2.52 bits per heavy atom. The van der Waals surface area contributed by atoms with Crippen molar-refractivity contribution in [1.29, 1.82) is 0 Å². The third-order valence-electron chi connectivity index (χ3n) is 5.74. The van der Waals surface area contributed by atoms with Crippen LogP contribution in [0.5, 0.6) is 0 Å². The van der Waals surface area contributed by atoms with Crippen LogP contribution in [-0.4, -0.2) is 41.1 Å². The molecule has 29 heavy (non-hydrogen) atoms. The summed E-state index contributed by atoms with van der Waals surface area (Å²) in [5.74, 6) is 0.982. The van der Waals surface area contributed by atoms with Crippen LogP contribution in [0.15, 0.2) is 36.5 Å². The second-order valence-electron chi connectivity index (χ2n) is 7.84. The SMILES string of the molecule is CN(c1nccc(-c2sc(C3CCNCC3)nc2-c2ccc(F)cc2)n1)C1CC1. The highest BCUT2D eigenvalue weighted by Crippen LogP contribution is 2.41. The van der Waals surface area contributed by atoms with Crippen LogP contribution in [0.3, 0.4) is 0 Å². The van der Waals surface area contributed by atoms with Crippen molar-refractivity contribution in [2.24, 2.45) is 0 Å². The molecule has 1 N–H and O–H groups in total. The molecule has 1 aromatic carbocycles. The number of nitrogens with one attached hydrogen (secondary N) is 1. The van der Waals surface area contributed by atoms with E-state index < -0.39 is 0 Å². The van der Waals surface area contributed by atoms with E-state index in [1.165, 1.54) is 25.0 Å². The first-order chi connectivity index (χ1) is 14.2. The molecule has 1 aliphatic carbocycles. The van der Waals surface area contributed by atoms with Gasteiger partial charge in [0, 0.05) is 30.8 Å². The average Bonchev–Trinajstić information content (AvgIpc) is 3.53. The van der Waals surface area contributed by atoms with Crippen LogP contribution in [-0.2, 0) is 0 Å². The van der Waals surface area contributed by atoms with E-state index in [2.05, 4.69) is 22.2 Å². The molecular formula is C22H24FN5S. The van der Waals surface area contributed by atoms with Gasteiger partial charge in [-0.15, -0.1) is 11.3 Å². The normalized spacial score (nSPS) is 17.4. The Morgan fingerprint density at radius 1 is 1.03 bits per heavy atom. The molecule has 0 atom stereocenters. The Kier molecular flexibility index (Phi) is 5.01. The van der Waals surface area contributed by atoms with E-state index in [1.54, 1.807) is 23.5 Å². The lowest BCUT2D eigenvalue weighted by molar-refractivity contribution is 0.459. The predicted molar refractivity (Wildman–Crippen MR) is 115 cm³/mol. The van der Waals surface area contributed by atoms with Gasteiger partial charge in [0.15, 0.2) is 0 Å².